The van der Waals surface area contributed by atoms with Crippen molar-refractivity contribution in [3.8, 4) is 0 Å². The van der Waals surface area contributed by atoms with Gasteiger partial charge in [-0.2, -0.15) is 0 Å². The van der Waals surface area contributed by atoms with Crippen LogP contribution in [0.1, 0.15) is 6.92 Å². The zero-order chi connectivity index (χ0) is 7.98. The predicted molar refractivity (Wildman–Crippen MR) is 51.2 cm³/mol. The van der Waals surface area contributed by atoms with Crippen LogP contribution in [0.25, 0.3) is 0 Å². The third-order valence-corrected chi connectivity index (χ3v) is 1.38. The molecule has 0 aromatic rings. The van der Waals surface area contributed by atoms with Gasteiger partial charge in [0.15, 0.2) is 0 Å². The molecule has 0 spiro atoms. The van der Waals surface area contributed by atoms with Gasteiger partial charge in [-0.25, -0.2) is 0 Å². The number of allylic oxidation sites excluding steroid dienone is 5. The molecule has 0 amide bonds. The van der Waals surface area contributed by atoms with Gasteiger partial charge in [-0.15, -0.1) is 12.6 Å². The first kappa shape index (κ1) is 9.31. The Morgan fingerprint density at radius 1 is 1.20 bits per heavy atom. The van der Waals surface area contributed by atoms with Gasteiger partial charge in [0.25, 0.3) is 0 Å². The molecule has 0 saturated carbocycles. The third-order valence-electron chi connectivity index (χ3n) is 1.05. The van der Waals surface area contributed by atoms with Gasteiger partial charge < -0.3 is 0 Å². The summed E-state index contributed by atoms with van der Waals surface area (Å²) in [5.41, 5.74) is 1.12. The molecule has 0 saturated heterocycles. The Balaban J connectivity index is 4.16. The second-order valence-electron chi connectivity index (χ2n) is 1.91. The molecule has 1 heteroatoms. The standard InChI is InChI=1S/C9H12S/c1-4-8(3)6-7-9(10)5-2/h4-7,10H,1-2H2,3H3/b8-6-,9-7+. The van der Waals surface area contributed by atoms with Crippen LogP contribution in [0.5, 0.6) is 0 Å². The molecule has 0 bridgehead atoms. The fraction of sp³-hybridized carbons (Fsp3) is 0.111. The van der Waals surface area contributed by atoms with E-state index in [0.29, 0.717) is 0 Å². The molecule has 0 nitrogen and oxygen atoms in total. The minimum atomic E-state index is 0.862. The van der Waals surface area contributed by atoms with Gasteiger partial charge >= 0.3 is 0 Å². The Hall–Kier alpha value is -0.690. The van der Waals surface area contributed by atoms with Crippen LogP contribution < -0.4 is 0 Å². The quantitative estimate of drug-likeness (QED) is 0.466. The number of hydrogen-bond acceptors (Lipinski definition) is 1. The number of thiol groups is 1. The fourth-order valence-corrected chi connectivity index (χ4v) is 0.427. The molecule has 10 heavy (non-hydrogen) atoms. The summed E-state index contributed by atoms with van der Waals surface area (Å²) in [7, 11) is 0. The molecule has 0 unspecified atom stereocenters. The normalized spacial score (nSPS) is 13.0. The summed E-state index contributed by atoms with van der Waals surface area (Å²) in [6, 6.07) is 0. The first-order chi connectivity index (χ1) is 4.70. The van der Waals surface area contributed by atoms with Crippen molar-refractivity contribution in [2.45, 2.75) is 6.92 Å². The van der Waals surface area contributed by atoms with Crippen molar-refractivity contribution in [2.75, 3.05) is 0 Å². The van der Waals surface area contributed by atoms with E-state index in [1.807, 2.05) is 19.1 Å². The van der Waals surface area contributed by atoms with Crippen molar-refractivity contribution in [1.82, 2.24) is 0 Å². The zero-order valence-electron chi connectivity index (χ0n) is 6.17. The van der Waals surface area contributed by atoms with Crippen LogP contribution in [0.15, 0.2) is 47.9 Å². The lowest BCUT2D eigenvalue weighted by Gasteiger charge is -1.86. The Kier molecular flexibility index (Phi) is 4.77. The molecule has 0 aliphatic rings. The van der Waals surface area contributed by atoms with E-state index in [1.165, 1.54) is 0 Å². The molecular weight excluding hydrogens is 140 g/mol. The molecule has 0 aromatic carbocycles. The van der Waals surface area contributed by atoms with E-state index in [9.17, 15) is 0 Å². The minimum Gasteiger partial charge on any atom is -0.143 e. The molecule has 0 fully saturated rings. The second-order valence-corrected chi connectivity index (χ2v) is 2.43. The summed E-state index contributed by atoms with van der Waals surface area (Å²) in [5, 5.41) is 0. The van der Waals surface area contributed by atoms with Gasteiger partial charge in [-0.1, -0.05) is 37.0 Å². The van der Waals surface area contributed by atoms with Gasteiger partial charge in [0.1, 0.15) is 0 Å². The Morgan fingerprint density at radius 3 is 2.20 bits per heavy atom. The third kappa shape index (κ3) is 4.21. The van der Waals surface area contributed by atoms with Crippen LogP contribution in [0.3, 0.4) is 0 Å². The van der Waals surface area contributed by atoms with E-state index in [4.69, 9.17) is 0 Å². The molecule has 0 atom stereocenters. The maximum absolute atomic E-state index is 4.11. The van der Waals surface area contributed by atoms with Gasteiger partial charge in [-0.05, 0) is 13.0 Å². The molecule has 0 rings (SSSR count). The van der Waals surface area contributed by atoms with Crippen molar-refractivity contribution in [3.63, 3.8) is 0 Å². The van der Waals surface area contributed by atoms with E-state index in [-0.39, 0.29) is 0 Å². The highest BCUT2D eigenvalue weighted by molar-refractivity contribution is 7.84. The van der Waals surface area contributed by atoms with Crippen LogP contribution in [-0.2, 0) is 0 Å². The highest BCUT2D eigenvalue weighted by atomic mass is 32.1. The molecule has 0 N–H and O–H groups in total. The summed E-state index contributed by atoms with van der Waals surface area (Å²) in [6.45, 7) is 9.16. The van der Waals surface area contributed by atoms with Gasteiger partial charge in [-0.3, -0.25) is 0 Å². The van der Waals surface area contributed by atoms with Crippen LogP contribution in [0, 0.1) is 0 Å². The monoisotopic (exact) mass is 152 g/mol. The largest absolute Gasteiger partial charge is 0.143 e. The Bertz CT molecular complexity index is 163. The Labute approximate surface area is 68.1 Å². The van der Waals surface area contributed by atoms with Crippen molar-refractivity contribution in [1.29, 1.82) is 0 Å². The van der Waals surface area contributed by atoms with Gasteiger partial charge in [0.05, 0.1) is 0 Å². The number of rotatable bonds is 3. The molecular formula is C9H12S. The SMILES string of the molecule is C=C/C(C)=C\C=C(\S)C=C. The van der Waals surface area contributed by atoms with Gasteiger partial charge in [0.2, 0.25) is 0 Å². The van der Waals surface area contributed by atoms with Crippen molar-refractivity contribution < 1.29 is 0 Å². The minimum absolute atomic E-state index is 0.862. The zero-order valence-corrected chi connectivity index (χ0v) is 7.07. The van der Waals surface area contributed by atoms with Gasteiger partial charge in [0, 0.05) is 4.91 Å². The molecule has 0 aromatic heterocycles. The van der Waals surface area contributed by atoms with E-state index >= 15 is 0 Å². The van der Waals surface area contributed by atoms with E-state index in [2.05, 4.69) is 25.8 Å². The summed E-state index contributed by atoms with van der Waals surface area (Å²) >= 11 is 4.11. The average Bonchev–Trinajstić information content (AvgIpc) is 1.99. The van der Waals surface area contributed by atoms with E-state index in [0.717, 1.165) is 10.5 Å². The average molecular weight is 152 g/mol. The van der Waals surface area contributed by atoms with E-state index in [1.54, 1.807) is 12.2 Å². The summed E-state index contributed by atoms with van der Waals surface area (Å²) in [5.74, 6) is 0. The van der Waals surface area contributed by atoms with Crippen LogP contribution in [-0.4, -0.2) is 0 Å². The molecule has 0 heterocycles. The smallest absolute Gasteiger partial charge is 0.00341 e. The van der Waals surface area contributed by atoms with Crippen LogP contribution in [0.2, 0.25) is 0 Å². The summed E-state index contributed by atoms with van der Waals surface area (Å²) in [6.07, 6.45) is 7.31. The molecule has 0 aliphatic heterocycles. The highest BCUT2D eigenvalue weighted by Crippen LogP contribution is 2.02. The van der Waals surface area contributed by atoms with Crippen molar-refractivity contribution >= 4 is 12.6 Å². The molecule has 0 radical (unpaired) electrons. The molecule has 54 valence electrons. The highest BCUT2D eigenvalue weighted by Gasteiger charge is 1.77. The predicted octanol–water partition coefficient (Wildman–Crippen LogP) is 3.12. The summed E-state index contributed by atoms with van der Waals surface area (Å²) < 4.78 is 0. The maximum Gasteiger partial charge on any atom is 0.00341 e. The molecule has 0 aliphatic carbocycles. The maximum atomic E-state index is 4.11. The fourth-order valence-electron chi connectivity index (χ4n) is 0.353. The lowest BCUT2D eigenvalue weighted by molar-refractivity contribution is 1.53. The first-order valence-electron chi connectivity index (χ1n) is 3.03. The lowest BCUT2D eigenvalue weighted by atomic mass is 10.3. The summed E-state index contributed by atoms with van der Waals surface area (Å²) in [4.78, 5) is 0.862. The van der Waals surface area contributed by atoms with Crippen LogP contribution >= 0.6 is 12.6 Å². The second kappa shape index (κ2) is 5.12. The van der Waals surface area contributed by atoms with Crippen molar-refractivity contribution in [3.05, 3.63) is 47.9 Å². The topological polar surface area (TPSA) is 0 Å². The first-order valence-corrected chi connectivity index (χ1v) is 3.48. The van der Waals surface area contributed by atoms with Crippen LogP contribution in [0.4, 0.5) is 0 Å². The van der Waals surface area contributed by atoms with E-state index < -0.39 is 0 Å². The van der Waals surface area contributed by atoms with Crippen molar-refractivity contribution in [2.24, 2.45) is 0 Å². The Morgan fingerprint density at radius 2 is 1.80 bits per heavy atom. The lowest BCUT2D eigenvalue weighted by Crippen LogP contribution is -1.64. The number of hydrogen-bond donors (Lipinski definition) is 1.